The maximum Gasteiger partial charge on any atom is 0.0585 e. The SMILES string of the molecule is Cc1ccncc1N1CC(C(C)C)NCC1C. The number of nitrogens with one attached hydrogen (secondary N) is 1. The molecule has 94 valence electrons. The summed E-state index contributed by atoms with van der Waals surface area (Å²) in [6, 6.07) is 3.20. The summed E-state index contributed by atoms with van der Waals surface area (Å²) in [5.74, 6) is 0.668. The quantitative estimate of drug-likeness (QED) is 0.849. The molecule has 1 aliphatic rings. The summed E-state index contributed by atoms with van der Waals surface area (Å²) in [5, 5.41) is 3.63. The number of aromatic nitrogens is 1. The molecular formula is C14H23N3. The van der Waals surface area contributed by atoms with Crippen molar-refractivity contribution in [1.29, 1.82) is 0 Å². The minimum Gasteiger partial charge on any atom is -0.365 e. The zero-order valence-electron chi connectivity index (χ0n) is 11.3. The lowest BCUT2D eigenvalue weighted by Crippen LogP contribution is -2.57. The number of pyridine rings is 1. The standard InChI is InChI=1S/C14H23N3/c1-10(2)13-9-17(12(4)7-16-13)14-8-15-6-5-11(14)3/h5-6,8,10,12-13,16H,7,9H2,1-4H3. The molecule has 0 aromatic carbocycles. The molecule has 3 heteroatoms. The Morgan fingerprint density at radius 2 is 2.24 bits per heavy atom. The molecule has 0 aliphatic carbocycles. The number of hydrogen-bond donors (Lipinski definition) is 1. The van der Waals surface area contributed by atoms with Gasteiger partial charge in [0.25, 0.3) is 0 Å². The van der Waals surface area contributed by atoms with Crippen LogP contribution in [0.25, 0.3) is 0 Å². The second kappa shape index (κ2) is 5.05. The van der Waals surface area contributed by atoms with E-state index in [0.717, 1.165) is 13.1 Å². The highest BCUT2D eigenvalue weighted by atomic mass is 15.2. The van der Waals surface area contributed by atoms with Crippen molar-refractivity contribution < 1.29 is 0 Å². The highest BCUT2D eigenvalue weighted by Gasteiger charge is 2.27. The number of anilines is 1. The fourth-order valence-electron chi connectivity index (χ4n) is 2.43. The lowest BCUT2D eigenvalue weighted by Gasteiger charge is -2.42. The Hall–Kier alpha value is -1.09. The van der Waals surface area contributed by atoms with Crippen LogP contribution in [0.15, 0.2) is 18.5 Å². The first kappa shape index (κ1) is 12.4. The van der Waals surface area contributed by atoms with Gasteiger partial charge in [0, 0.05) is 31.4 Å². The van der Waals surface area contributed by atoms with E-state index in [0.29, 0.717) is 18.0 Å². The maximum absolute atomic E-state index is 4.26. The van der Waals surface area contributed by atoms with E-state index < -0.39 is 0 Å². The molecule has 1 N–H and O–H groups in total. The fourth-order valence-corrected chi connectivity index (χ4v) is 2.43. The van der Waals surface area contributed by atoms with Crippen LogP contribution in [0.2, 0.25) is 0 Å². The highest BCUT2D eigenvalue weighted by Crippen LogP contribution is 2.24. The van der Waals surface area contributed by atoms with Crippen LogP contribution in [0.5, 0.6) is 0 Å². The fraction of sp³-hybridized carbons (Fsp3) is 0.643. The Morgan fingerprint density at radius 3 is 2.88 bits per heavy atom. The van der Waals surface area contributed by atoms with Crippen molar-refractivity contribution in [1.82, 2.24) is 10.3 Å². The first-order valence-electron chi connectivity index (χ1n) is 6.50. The normalized spacial score (nSPS) is 25.4. The van der Waals surface area contributed by atoms with Crippen molar-refractivity contribution in [3.8, 4) is 0 Å². The van der Waals surface area contributed by atoms with Gasteiger partial charge in [-0.3, -0.25) is 4.98 Å². The Morgan fingerprint density at radius 1 is 1.47 bits per heavy atom. The molecule has 2 unspecified atom stereocenters. The average molecular weight is 233 g/mol. The van der Waals surface area contributed by atoms with Gasteiger partial charge in [0.2, 0.25) is 0 Å². The zero-order valence-corrected chi connectivity index (χ0v) is 11.3. The molecule has 17 heavy (non-hydrogen) atoms. The Kier molecular flexibility index (Phi) is 3.67. The Labute approximate surface area is 104 Å². The Balaban J connectivity index is 2.21. The third-order valence-corrected chi connectivity index (χ3v) is 3.73. The van der Waals surface area contributed by atoms with Crippen molar-refractivity contribution in [2.24, 2.45) is 5.92 Å². The summed E-state index contributed by atoms with van der Waals surface area (Å²) < 4.78 is 0. The van der Waals surface area contributed by atoms with Gasteiger partial charge in [0.05, 0.1) is 11.9 Å². The summed E-state index contributed by atoms with van der Waals surface area (Å²) >= 11 is 0. The van der Waals surface area contributed by atoms with Gasteiger partial charge in [-0.25, -0.2) is 0 Å². The van der Waals surface area contributed by atoms with Crippen molar-refractivity contribution in [2.75, 3.05) is 18.0 Å². The number of rotatable bonds is 2. The van der Waals surface area contributed by atoms with Crippen LogP contribution >= 0.6 is 0 Å². The largest absolute Gasteiger partial charge is 0.365 e. The molecule has 2 atom stereocenters. The van der Waals surface area contributed by atoms with Crippen molar-refractivity contribution in [3.63, 3.8) is 0 Å². The van der Waals surface area contributed by atoms with Gasteiger partial charge in [-0.1, -0.05) is 13.8 Å². The van der Waals surface area contributed by atoms with Crippen molar-refractivity contribution in [3.05, 3.63) is 24.0 Å². The molecule has 2 rings (SSSR count). The molecule has 0 spiro atoms. The first-order chi connectivity index (χ1) is 8.09. The van der Waals surface area contributed by atoms with Gasteiger partial charge in [0.15, 0.2) is 0 Å². The number of nitrogens with zero attached hydrogens (tertiary/aromatic N) is 2. The molecule has 0 bridgehead atoms. The molecular weight excluding hydrogens is 210 g/mol. The third-order valence-electron chi connectivity index (χ3n) is 3.73. The van der Waals surface area contributed by atoms with Gasteiger partial charge in [-0.15, -0.1) is 0 Å². The summed E-state index contributed by atoms with van der Waals surface area (Å²) in [4.78, 5) is 6.75. The van der Waals surface area contributed by atoms with Crippen LogP contribution in [-0.2, 0) is 0 Å². The molecule has 0 saturated carbocycles. The smallest absolute Gasteiger partial charge is 0.0585 e. The molecule has 1 saturated heterocycles. The van der Waals surface area contributed by atoms with Crippen molar-refractivity contribution in [2.45, 2.75) is 39.8 Å². The third kappa shape index (κ3) is 2.60. The molecule has 1 fully saturated rings. The van der Waals surface area contributed by atoms with E-state index in [1.165, 1.54) is 11.3 Å². The number of aryl methyl sites for hydroxylation is 1. The van der Waals surface area contributed by atoms with Crippen LogP contribution in [0.4, 0.5) is 5.69 Å². The molecule has 2 heterocycles. The molecule has 1 aromatic rings. The lowest BCUT2D eigenvalue weighted by atomic mass is 9.99. The van der Waals surface area contributed by atoms with Crippen LogP contribution in [-0.4, -0.2) is 30.2 Å². The maximum atomic E-state index is 4.26. The average Bonchev–Trinajstić information content (AvgIpc) is 2.30. The van der Waals surface area contributed by atoms with E-state index in [9.17, 15) is 0 Å². The topological polar surface area (TPSA) is 28.2 Å². The zero-order chi connectivity index (χ0) is 12.4. The second-order valence-electron chi connectivity index (χ2n) is 5.42. The van der Waals surface area contributed by atoms with Gasteiger partial charge >= 0.3 is 0 Å². The molecule has 3 nitrogen and oxygen atoms in total. The summed E-state index contributed by atoms with van der Waals surface area (Å²) in [6.07, 6.45) is 3.86. The van der Waals surface area contributed by atoms with Gasteiger partial charge in [-0.2, -0.15) is 0 Å². The van der Waals surface area contributed by atoms with Crippen LogP contribution in [0.1, 0.15) is 26.3 Å². The van der Waals surface area contributed by atoms with E-state index in [1.807, 2.05) is 12.4 Å². The minimum atomic E-state index is 0.535. The monoisotopic (exact) mass is 233 g/mol. The van der Waals surface area contributed by atoms with Gasteiger partial charge < -0.3 is 10.2 Å². The second-order valence-corrected chi connectivity index (χ2v) is 5.42. The van der Waals surface area contributed by atoms with E-state index in [1.54, 1.807) is 0 Å². The molecule has 1 aromatic heterocycles. The van der Waals surface area contributed by atoms with E-state index >= 15 is 0 Å². The molecule has 1 aliphatic heterocycles. The van der Waals surface area contributed by atoms with E-state index in [-0.39, 0.29) is 0 Å². The number of hydrogen-bond acceptors (Lipinski definition) is 3. The van der Waals surface area contributed by atoms with Gasteiger partial charge in [0.1, 0.15) is 0 Å². The highest BCUT2D eigenvalue weighted by molar-refractivity contribution is 5.52. The van der Waals surface area contributed by atoms with Crippen molar-refractivity contribution >= 4 is 5.69 Å². The predicted octanol–water partition coefficient (Wildman–Crippen LogP) is 2.21. The first-order valence-corrected chi connectivity index (χ1v) is 6.50. The lowest BCUT2D eigenvalue weighted by molar-refractivity contribution is 0.336. The summed E-state index contributed by atoms with van der Waals surface area (Å²) in [5.41, 5.74) is 2.60. The summed E-state index contributed by atoms with van der Waals surface area (Å²) in [7, 11) is 0. The van der Waals surface area contributed by atoms with Crippen LogP contribution < -0.4 is 10.2 Å². The molecule has 0 radical (unpaired) electrons. The van der Waals surface area contributed by atoms with E-state index in [2.05, 4.69) is 49.0 Å². The minimum absolute atomic E-state index is 0.535. The van der Waals surface area contributed by atoms with Crippen LogP contribution in [0.3, 0.4) is 0 Å². The van der Waals surface area contributed by atoms with Gasteiger partial charge in [-0.05, 0) is 31.4 Å². The summed E-state index contributed by atoms with van der Waals surface area (Å²) in [6.45, 7) is 11.1. The number of piperazine rings is 1. The molecule has 0 amide bonds. The van der Waals surface area contributed by atoms with Crippen LogP contribution in [0, 0.1) is 12.8 Å². The van der Waals surface area contributed by atoms with E-state index in [4.69, 9.17) is 0 Å². The Bertz CT molecular complexity index is 375. The predicted molar refractivity (Wildman–Crippen MR) is 72.4 cm³/mol.